The van der Waals surface area contributed by atoms with Crippen molar-refractivity contribution in [3.05, 3.63) is 40.2 Å². The first-order valence-corrected chi connectivity index (χ1v) is 10.6. The second-order valence-corrected chi connectivity index (χ2v) is 9.13. The van der Waals surface area contributed by atoms with Gasteiger partial charge in [0.25, 0.3) is 5.91 Å². The molecule has 2 heterocycles. The smallest absolute Gasteiger partial charge is 0.259 e. The average molecular weight is 391 g/mol. The van der Waals surface area contributed by atoms with Crippen LogP contribution in [0.15, 0.2) is 34.1 Å². The number of rotatable bonds is 4. The molecule has 0 radical (unpaired) electrons. The van der Waals surface area contributed by atoms with Gasteiger partial charge >= 0.3 is 0 Å². The van der Waals surface area contributed by atoms with Crippen LogP contribution in [0.2, 0.25) is 0 Å². The summed E-state index contributed by atoms with van der Waals surface area (Å²) in [5.41, 5.74) is 0.308. The Morgan fingerprint density at radius 3 is 2.41 bits per heavy atom. The van der Waals surface area contributed by atoms with E-state index in [-0.39, 0.29) is 21.8 Å². The van der Waals surface area contributed by atoms with E-state index in [1.54, 1.807) is 17.2 Å². The Bertz CT molecular complexity index is 1030. The predicted octanol–water partition coefficient (Wildman–Crippen LogP) is 1.90. The summed E-state index contributed by atoms with van der Waals surface area (Å²) in [6, 6.07) is 4.51. The summed E-state index contributed by atoms with van der Waals surface area (Å²) < 4.78 is 27.8. The first kappa shape index (κ1) is 19.6. The minimum atomic E-state index is -3.67. The Hall–Kier alpha value is -2.19. The lowest BCUT2D eigenvalue weighted by Gasteiger charge is -2.27. The van der Waals surface area contributed by atoms with Crippen molar-refractivity contribution in [3.8, 4) is 0 Å². The predicted molar refractivity (Wildman–Crippen MR) is 105 cm³/mol. The van der Waals surface area contributed by atoms with Gasteiger partial charge in [0.05, 0.1) is 10.4 Å². The van der Waals surface area contributed by atoms with Gasteiger partial charge in [-0.05, 0) is 44.4 Å². The average Bonchev–Trinajstić information content (AvgIpc) is 2.68. The van der Waals surface area contributed by atoms with Crippen molar-refractivity contribution >= 4 is 26.8 Å². The molecule has 7 nitrogen and oxygen atoms in total. The summed E-state index contributed by atoms with van der Waals surface area (Å²) in [4.78, 5) is 27.7. The highest BCUT2D eigenvalue weighted by atomic mass is 32.2. The number of aromatic nitrogens is 1. The van der Waals surface area contributed by atoms with E-state index in [1.165, 1.54) is 26.2 Å². The molecule has 0 N–H and O–H groups in total. The van der Waals surface area contributed by atoms with Gasteiger partial charge in [0.2, 0.25) is 15.5 Å². The van der Waals surface area contributed by atoms with E-state index >= 15 is 0 Å². The molecule has 1 aromatic heterocycles. The van der Waals surface area contributed by atoms with Crippen LogP contribution in [0.25, 0.3) is 10.9 Å². The number of fused-ring (bicyclic) bond motifs is 1. The van der Waals surface area contributed by atoms with Gasteiger partial charge in [-0.2, -0.15) is 0 Å². The van der Waals surface area contributed by atoms with Crippen molar-refractivity contribution in [2.75, 3.05) is 27.2 Å². The Morgan fingerprint density at radius 2 is 1.81 bits per heavy atom. The van der Waals surface area contributed by atoms with Crippen LogP contribution >= 0.6 is 0 Å². The summed E-state index contributed by atoms with van der Waals surface area (Å²) in [6.07, 6.45) is 4.56. The van der Waals surface area contributed by atoms with Gasteiger partial charge in [-0.1, -0.05) is 0 Å². The maximum absolute atomic E-state index is 13.1. The van der Waals surface area contributed by atoms with Crippen LogP contribution in [0, 0.1) is 0 Å². The topological polar surface area (TPSA) is 79.7 Å². The highest BCUT2D eigenvalue weighted by molar-refractivity contribution is 7.89. The molecule has 0 bridgehead atoms. The van der Waals surface area contributed by atoms with Gasteiger partial charge in [0.1, 0.15) is 5.56 Å². The number of amides is 1. The van der Waals surface area contributed by atoms with E-state index in [1.807, 2.05) is 11.5 Å². The molecule has 1 aromatic carbocycles. The molecule has 3 rings (SSSR count). The lowest BCUT2D eigenvalue weighted by molar-refractivity contribution is 0.0722. The minimum absolute atomic E-state index is 0.0438. The number of benzene rings is 1. The summed E-state index contributed by atoms with van der Waals surface area (Å²) >= 11 is 0. The third-order valence-corrected chi connectivity index (χ3v) is 6.86. The van der Waals surface area contributed by atoms with E-state index in [4.69, 9.17) is 0 Å². The molecule has 1 fully saturated rings. The molecule has 0 aliphatic carbocycles. The zero-order valence-corrected chi connectivity index (χ0v) is 16.8. The molecule has 0 saturated carbocycles. The molecule has 2 aromatic rings. The summed E-state index contributed by atoms with van der Waals surface area (Å²) in [7, 11) is -0.779. The van der Waals surface area contributed by atoms with Gasteiger partial charge in [-0.3, -0.25) is 9.59 Å². The molecule has 1 saturated heterocycles. The molecule has 8 heteroatoms. The monoisotopic (exact) mass is 391 g/mol. The van der Waals surface area contributed by atoms with Crippen LogP contribution in [0.3, 0.4) is 0 Å². The van der Waals surface area contributed by atoms with Crippen LogP contribution in [0.4, 0.5) is 0 Å². The van der Waals surface area contributed by atoms with Gasteiger partial charge in [-0.15, -0.1) is 0 Å². The molecule has 0 atom stereocenters. The third kappa shape index (κ3) is 3.51. The Kier molecular flexibility index (Phi) is 5.39. The van der Waals surface area contributed by atoms with Crippen molar-refractivity contribution in [1.29, 1.82) is 0 Å². The number of piperidine rings is 1. The zero-order chi connectivity index (χ0) is 19.8. The number of aryl methyl sites for hydroxylation is 1. The summed E-state index contributed by atoms with van der Waals surface area (Å²) in [5, 5.41) is 0.252. The number of carbonyl (C=O) groups excluding carboxylic acids is 1. The SMILES string of the molecule is CCn1cc(C(=O)N2CCCCC2)c(=O)c2cc(S(=O)(=O)N(C)C)ccc21. The molecular formula is C19H25N3O4S. The normalized spacial score (nSPS) is 15.5. The summed E-state index contributed by atoms with van der Waals surface area (Å²) in [5.74, 6) is -0.273. The van der Waals surface area contributed by atoms with Gasteiger partial charge in [0.15, 0.2) is 0 Å². The van der Waals surface area contributed by atoms with Crippen LogP contribution in [0.5, 0.6) is 0 Å². The standard InChI is InChI=1S/C19H25N3O4S/c1-4-21-13-16(19(24)22-10-6-5-7-11-22)18(23)15-12-14(8-9-17(15)21)27(25,26)20(2)3/h8-9,12-13H,4-7,10-11H2,1-3H3. The number of nitrogens with zero attached hydrogens (tertiary/aromatic N) is 3. The second-order valence-electron chi connectivity index (χ2n) is 6.98. The zero-order valence-electron chi connectivity index (χ0n) is 15.9. The van der Waals surface area contributed by atoms with Crippen LogP contribution < -0.4 is 5.43 Å². The van der Waals surface area contributed by atoms with E-state index in [0.29, 0.717) is 25.2 Å². The fourth-order valence-electron chi connectivity index (χ4n) is 3.43. The van der Waals surface area contributed by atoms with Crippen molar-refractivity contribution in [3.63, 3.8) is 0 Å². The largest absolute Gasteiger partial charge is 0.347 e. The van der Waals surface area contributed by atoms with Gasteiger partial charge in [-0.25, -0.2) is 12.7 Å². The molecule has 1 amide bonds. The number of hydrogen-bond acceptors (Lipinski definition) is 4. The highest BCUT2D eigenvalue weighted by Gasteiger charge is 2.24. The minimum Gasteiger partial charge on any atom is -0.347 e. The third-order valence-electron chi connectivity index (χ3n) is 5.04. The van der Waals surface area contributed by atoms with Gasteiger partial charge in [0, 0.05) is 45.3 Å². The van der Waals surface area contributed by atoms with Crippen molar-refractivity contribution in [2.45, 2.75) is 37.6 Å². The molecule has 27 heavy (non-hydrogen) atoms. The van der Waals surface area contributed by atoms with Crippen molar-refractivity contribution < 1.29 is 13.2 Å². The quantitative estimate of drug-likeness (QED) is 0.797. The van der Waals surface area contributed by atoms with Crippen LogP contribution in [-0.4, -0.2) is 55.3 Å². The maximum atomic E-state index is 13.1. The van der Waals surface area contributed by atoms with E-state index in [0.717, 1.165) is 23.6 Å². The van der Waals surface area contributed by atoms with E-state index in [9.17, 15) is 18.0 Å². The van der Waals surface area contributed by atoms with Crippen LogP contribution in [-0.2, 0) is 16.6 Å². The number of pyridine rings is 1. The number of hydrogen-bond donors (Lipinski definition) is 0. The summed E-state index contributed by atoms with van der Waals surface area (Å²) in [6.45, 7) is 3.79. The maximum Gasteiger partial charge on any atom is 0.259 e. The second kappa shape index (κ2) is 7.44. The number of sulfonamides is 1. The Balaban J connectivity index is 2.20. The van der Waals surface area contributed by atoms with Gasteiger partial charge < -0.3 is 9.47 Å². The van der Waals surface area contributed by atoms with Crippen molar-refractivity contribution in [2.24, 2.45) is 0 Å². The molecule has 0 unspecified atom stereocenters. The number of likely N-dealkylation sites (tertiary alicyclic amines) is 1. The van der Waals surface area contributed by atoms with Crippen molar-refractivity contribution in [1.82, 2.24) is 13.8 Å². The lowest BCUT2D eigenvalue weighted by Crippen LogP contribution is -2.38. The lowest BCUT2D eigenvalue weighted by atomic mass is 10.1. The van der Waals surface area contributed by atoms with E-state index in [2.05, 4.69) is 0 Å². The Morgan fingerprint density at radius 1 is 1.15 bits per heavy atom. The molecule has 0 spiro atoms. The molecular weight excluding hydrogens is 366 g/mol. The molecule has 1 aliphatic heterocycles. The molecule has 146 valence electrons. The molecule has 1 aliphatic rings. The fraction of sp³-hybridized carbons (Fsp3) is 0.474. The first-order chi connectivity index (χ1) is 12.8. The number of carbonyl (C=O) groups is 1. The van der Waals surface area contributed by atoms with Crippen LogP contribution in [0.1, 0.15) is 36.5 Å². The first-order valence-electron chi connectivity index (χ1n) is 9.16. The Labute approximate surface area is 159 Å². The highest BCUT2D eigenvalue weighted by Crippen LogP contribution is 2.21. The van der Waals surface area contributed by atoms with E-state index < -0.39 is 15.5 Å². The fourth-order valence-corrected chi connectivity index (χ4v) is 4.36.